The lowest BCUT2D eigenvalue weighted by Gasteiger charge is -2.14. The van der Waals surface area contributed by atoms with Crippen LogP contribution >= 0.6 is 11.8 Å². The highest BCUT2D eigenvalue weighted by Crippen LogP contribution is 2.30. The number of amides is 1. The number of rotatable bonds is 5. The summed E-state index contributed by atoms with van der Waals surface area (Å²) in [7, 11) is -1.98. The molecule has 0 fully saturated rings. The highest BCUT2D eigenvalue weighted by Gasteiger charge is 2.40. The van der Waals surface area contributed by atoms with Crippen LogP contribution in [0.5, 0.6) is 0 Å². The first-order valence-electron chi connectivity index (χ1n) is 7.72. The molecule has 4 rings (SSSR count). The summed E-state index contributed by atoms with van der Waals surface area (Å²) in [6, 6.07) is 9.79. The van der Waals surface area contributed by atoms with E-state index in [4.69, 9.17) is 4.42 Å². The number of hydrogen-bond acceptors (Lipinski definition) is 7. The molecule has 0 radical (unpaired) electrons. The summed E-state index contributed by atoms with van der Waals surface area (Å²) >= 11 is 1.32. The first kappa shape index (κ1) is 16.9. The first-order valence-corrected chi connectivity index (χ1v) is 10.1. The Morgan fingerprint density at radius 3 is 2.69 bits per heavy atom. The van der Waals surface area contributed by atoms with Crippen molar-refractivity contribution < 1.29 is 17.6 Å². The molecule has 0 aliphatic carbocycles. The Morgan fingerprint density at radius 2 is 1.96 bits per heavy atom. The summed E-state index contributed by atoms with van der Waals surface area (Å²) in [6.45, 7) is 0.0590. The van der Waals surface area contributed by atoms with Crippen molar-refractivity contribution in [2.24, 2.45) is 7.05 Å². The van der Waals surface area contributed by atoms with Crippen molar-refractivity contribution >= 4 is 27.7 Å². The van der Waals surface area contributed by atoms with E-state index < -0.39 is 15.9 Å². The Balaban J connectivity index is 1.47. The number of hydrogen-bond donors (Lipinski definition) is 0. The quantitative estimate of drug-likeness (QED) is 0.615. The van der Waals surface area contributed by atoms with Crippen LogP contribution in [0.25, 0.3) is 11.6 Å². The van der Waals surface area contributed by atoms with Crippen molar-refractivity contribution in [3.63, 3.8) is 0 Å². The molecule has 0 atom stereocenters. The number of nitrogens with zero attached hydrogens (tertiary/aromatic N) is 4. The van der Waals surface area contributed by atoms with Crippen LogP contribution in [-0.2, 0) is 17.1 Å². The molecule has 0 saturated heterocycles. The second-order valence-corrected chi connectivity index (χ2v) is 8.46. The molecule has 8 nitrogen and oxygen atoms in total. The van der Waals surface area contributed by atoms with E-state index in [1.807, 2.05) is 0 Å². The lowest BCUT2D eigenvalue weighted by molar-refractivity contribution is 0.0876. The van der Waals surface area contributed by atoms with Gasteiger partial charge >= 0.3 is 0 Å². The van der Waals surface area contributed by atoms with Gasteiger partial charge in [-0.05, 0) is 24.3 Å². The van der Waals surface area contributed by atoms with Gasteiger partial charge in [0.15, 0.2) is 16.7 Å². The largest absolute Gasteiger partial charge is 0.461 e. The number of aromatic nitrogens is 3. The maximum Gasteiger partial charge on any atom is 0.269 e. The number of sulfonamides is 1. The van der Waals surface area contributed by atoms with E-state index in [-0.39, 0.29) is 17.0 Å². The summed E-state index contributed by atoms with van der Waals surface area (Å²) in [4.78, 5) is 12.4. The van der Waals surface area contributed by atoms with Crippen molar-refractivity contribution in [3.8, 4) is 11.6 Å². The van der Waals surface area contributed by atoms with Crippen LogP contribution in [0.15, 0.2) is 57.1 Å². The van der Waals surface area contributed by atoms with Gasteiger partial charge in [-0.2, -0.15) is 0 Å². The number of carbonyl (C=O) groups excluding carboxylic acids is 1. The van der Waals surface area contributed by atoms with Crippen LogP contribution in [0.2, 0.25) is 0 Å². The van der Waals surface area contributed by atoms with Crippen molar-refractivity contribution in [2.45, 2.75) is 10.1 Å². The van der Waals surface area contributed by atoms with Gasteiger partial charge in [0.1, 0.15) is 4.90 Å². The standard InChI is InChI=1S/C16H14N4O4S2/c1-19-14(12-6-4-9-24-12)17-18-16(19)25-10-8-20-15(21)11-5-2-3-7-13(11)26(20,22)23/h2-7,9H,8,10H2,1H3. The molecule has 1 aliphatic heterocycles. The van der Waals surface area contributed by atoms with E-state index in [0.717, 1.165) is 4.31 Å². The lowest BCUT2D eigenvalue weighted by atomic mass is 10.2. The number of fused-ring (bicyclic) bond motifs is 1. The number of furan rings is 1. The molecular weight excluding hydrogens is 376 g/mol. The predicted molar refractivity (Wildman–Crippen MR) is 94.1 cm³/mol. The number of benzene rings is 1. The van der Waals surface area contributed by atoms with Crippen LogP contribution in [0.3, 0.4) is 0 Å². The fourth-order valence-corrected chi connectivity index (χ4v) is 5.25. The van der Waals surface area contributed by atoms with E-state index in [1.165, 1.54) is 23.9 Å². The molecule has 0 unspecified atom stereocenters. The van der Waals surface area contributed by atoms with E-state index in [1.54, 1.807) is 42.1 Å². The number of carbonyl (C=O) groups is 1. The van der Waals surface area contributed by atoms with Gasteiger partial charge in [0.25, 0.3) is 15.9 Å². The van der Waals surface area contributed by atoms with Crippen molar-refractivity contribution in [1.29, 1.82) is 0 Å². The maximum absolute atomic E-state index is 12.5. The van der Waals surface area contributed by atoms with Crippen LogP contribution < -0.4 is 0 Å². The zero-order valence-corrected chi connectivity index (χ0v) is 15.3. The smallest absolute Gasteiger partial charge is 0.269 e. The summed E-state index contributed by atoms with van der Waals surface area (Å²) in [6.07, 6.45) is 1.55. The van der Waals surface area contributed by atoms with Gasteiger partial charge in [0.05, 0.1) is 11.8 Å². The van der Waals surface area contributed by atoms with Gasteiger partial charge in [-0.1, -0.05) is 23.9 Å². The van der Waals surface area contributed by atoms with Crippen LogP contribution in [-0.4, -0.2) is 45.7 Å². The maximum atomic E-state index is 12.5. The molecule has 0 saturated carbocycles. The lowest BCUT2D eigenvalue weighted by Crippen LogP contribution is -2.32. The Kier molecular flexibility index (Phi) is 4.08. The van der Waals surface area contributed by atoms with Crippen molar-refractivity contribution in [3.05, 3.63) is 48.2 Å². The van der Waals surface area contributed by atoms with E-state index in [2.05, 4.69) is 10.2 Å². The molecule has 0 spiro atoms. The Hall–Kier alpha value is -2.59. The Bertz CT molecular complexity index is 1070. The fourth-order valence-electron chi connectivity index (χ4n) is 2.73. The molecule has 10 heteroatoms. The predicted octanol–water partition coefficient (Wildman–Crippen LogP) is 2.01. The summed E-state index contributed by atoms with van der Waals surface area (Å²) in [5.74, 6) is 1.05. The molecule has 1 aromatic carbocycles. The normalized spacial score (nSPS) is 15.4. The third-order valence-corrected chi connectivity index (χ3v) is 6.85. The topological polar surface area (TPSA) is 98.3 Å². The third-order valence-electron chi connectivity index (χ3n) is 4.01. The monoisotopic (exact) mass is 390 g/mol. The van der Waals surface area contributed by atoms with Crippen molar-refractivity contribution in [2.75, 3.05) is 12.3 Å². The molecular formula is C16H14N4O4S2. The minimum Gasteiger partial charge on any atom is -0.461 e. The van der Waals surface area contributed by atoms with Gasteiger partial charge < -0.3 is 8.98 Å². The zero-order chi connectivity index (χ0) is 18.3. The van der Waals surface area contributed by atoms with Gasteiger partial charge in [0.2, 0.25) is 0 Å². The van der Waals surface area contributed by atoms with Gasteiger partial charge in [0, 0.05) is 19.3 Å². The second kappa shape index (κ2) is 6.29. The molecule has 3 aromatic rings. The minimum atomic E-state index is -3.78. The molecule has 0 bridgehead atoms. The highest BCUT2D eigenvalue weighted by molar-refractivity contribution is 7.99. The van der Waals surface area contributed by atoms with Crippen LogP contribution in [0.1, 0.15) is 10.4 Å². The van der Waals surface area contributed by atoms with Crippen LogP contribution in [0.4, 0.5) is 0 Å². The van der Waals surface area contributed by atoms with E-state index >= 15 is 0 Å². The fraction of sp³-hybridized carbons (Fsp3) is 0.188. The van der Waals surface area contributed by atoms with E-state index in [0.29, 0.717) is 22.5 Å². The van der Waals surface area contributed by atoms with Gasteiger partial charge in [-0.3, -0.25) is 4.79 Å². The van der Waals surface area contributed by atoms with Gasteiger partial charge in [-0.25, -0.2) is 12.7 Å². The minimum absolute atomic E-state index is 0.0590. The SMILES string of the molecule is Cn1c(SCCN2C(=O)c3ccccc3S2(=O)=O)nnc1-c1ccco1. The molecule has 0 N–H and O–H groups in total. The first-order chi connectivity index (χ1) is 12.5. The molecule has 134 valence electrons. The molecule has 1 aliphatic rings. The second-order valence-electron chi connectivity index (χ2n) is 5.57. The Morgan fingerprint density at radius 1 is 1.15 bits per heavy atom. The summed E-state index contributed by atoms with van der Waals surface area (Å²) in [5, 5.41) is 8.79. The third kappa shape index (κ3) is 2.61. The Labute approximate surface area is 153 Å². The average Bonchev–Trinajstić information content (AvgIpc) is 3.31. The summed E-state index contributed by atoms with van der Waals surface area (Å²) in [5.41, 5.74) is 0.219. The number of thioether (sulfide) groups is 1. The summed E-state index contributed by atoms with van der Waals surface area (Å²) < 4.78 is 33.0. The average molecular weight is 390 g/mol. The van der Waals surface area contributed by atoms with Crippen molar-refractivity contribution in [1.82, 2.24) is 19.1 Å². The van der Waals surface area contributed by atoms with E-state index in [9.17, 15) is 13.2 Å². The highest BCUT2D eigenvalue weighted by atomic mass is 32.2. The van der Waals surface area contributed by atoms with Crippen LogP contribution in [0, 0.1) is 0 Å². The molecule has 2 aromatic heterocycles. The molecule has 1 amide bonds. The molecule has 26 heavy (non-hydrogen) atoms. The molecule has 3 heterocycles. The zero-order valence-electron chi connectivity index (χ0n) is 13.7. The van der Waals surface area contributed by atoms with Gasteiger partial charge in [-0.15, -0.1) is 10.2 Å².